The first-order valence-electron chi connectivity index (χ1n) is 11.3. The number of hydrogen-bond acceptors (Lipinski definition) is 7. The maximum absolute atomic E-state index is 13.8. The van der Waals surface area contributed by atoms with Crippen LogP contribution in [0.25, 0.3) is 0 Å². The predicted molar refractivity (Wildman–Crippen MR) is 127 cm³/mol. The molecule has 0 spiro atoms. The summed E-state index contributed by atoms with van der Waals surface area (Å²) in [5, 5.41) is 14.0. The average molecular weight is 536 g/mol. The summed E-state index contributed by atoms with van der Waals surface area (Å²) in [5.74, 6) is -0.590. The van der Waals surface area contributed by atoms with E-state index in [9.17, 15) is 31.6 Å². The SMILES string of the molecule is O=C(N(O)Cc1cccnc1)C1(S(=O)(=O)c2ccc(Oc3ccc(C(F)(F)F)cc3)cc2)CCNCC1. The third-order valence-corrected chi connectivity index (χ3v) is 8.66. The summed E-state index contributed by atoms with van der Waals surface area (Å²) < 4.78 is 69.5. The molecule has 8 nitrogen and oxygen atoms in total. The average Bonchev–Trinajstić information content (AvgIpc) is 2.89. The number of halogens is 3. The third-order valence-electron chi connectivity index (χ3n) is 6.16. The Labute approximate surface area is 211 Å². The van der Waals surface area contributed by atoms with Crippen LogP contribution in [0.2, 0.25) is 0 Å². The largest absolute Gasteiger partial charge is 0.457 e. The van der Waals surface area contributed by atoms with Gasteiger partial charge >= 0.3 is 6.18 Å². The van der Waals surface area contributed by atoms with Gasteiger partial charge in [0, 0.05) is 12.4 Å². The van der Waals surface area contributed by atoms with Gasteiger partial charge in [0.25, 0.3) is 5.91 Å². The number of pyridine rings is 1. The molecule has 12 heteroatoms. The Morgan fingerprint density at radius 1 is 1.03 bits per heavy atom. The highest BCUT2D eigenvalue weighted by atomic mass is 32.2. The molecule has 0 bridgehead atoms. The summed E-state index contributed by atoms with van der Waals surface area (Å²) in [6.45, 7) is 0.304. The molecule has 196 valence electrons. The second-order valence-electron chi connectivity index (χ2n) is 8.57. The van der Waals surface area contributed by atoms with Crippen molar-refractivity contribution < 1.29 is 36.3 Å². The van der Waals surface area contributed by atoms with Gasteiger partial charge in [-0.1, -0.05) is 6.07 Å². The number of piperidine rings is 1. The number of nitrogens with zero attached hydrogens (tertiary/aromatic N) is 2. The number of sulfone groups is 1. The minimum absolute atomic E-state index is 0.0396. The lowest BCUT2D eigenvalue weighted by Crippen LogP contribution is -2.57. The van der Waals surface area contributed by atoms with Crippen molar-refractivity contribution in [3.8, 4) is 11.5 Å². The van der Waals surface area contributed by atoms with Gasteiger partial charge in [0.1, 0.15) is 11.5 Å². The first-order chi connectivity index (χ1) is 17.5. The van der Waals surface area contributed by atoms with Crippen molar-refractivity contribution in [3.05, 3.63) is 84.2 Å². The molecule has 2 heterocycles. The van der Waals surface area contributed by atoms with Crippen LogP contribution in [0.4, 0.5) is 13.2 Å². The van der Waals surface area contributed by atoms with E-state index in [1.54, 1.807) is 12.1 Å². The number of rotatable bonds is 7. The van der Waals surface area contributed by atoms with E-state index >= 15 is 0 Å². The van der Waals surface area contributed by atoms with Crippen molar-refractivity contribution in [2.75, 3.05) is 13.1 Å². The molecule has 0 aliphatic carbocycles. The summed E-state index contributed by atoms with van der Waals surface area (Å²) in [6.07, 6.45) is -1.55. The molecule has 1 amide bonds. The van der Waals surface area contributed by atoms with Crippen molar-refractivity contribution in [3.63, 3.8) is 0 Å². The van der Waals surface area contributed by atoms with Crippen LogP contribution in [0.3, 0.4) is 0 Å². The molecule has 2 aromatic carbocycles. The second kappa shape index (κ2) is 10.5. The van der Waals surface area contributed by atoms with Gasteiger partial charge in [-0.3, -0.25) is 15.0 Å². The Hall–Kier alpha value is -3.48. The van der Waals surface area contributed by atoms with Crippen LogP contribution in [-0.2, 0) is 27.4 Å². The molecule has 37 heavy (non-hydrogen) atoms. The van der Waals surface area contributed by atoms with Gasteiger partial charge in [-0.25, -0.2) is 13.5 Å². The minimum Gasteiger partial charge on any atom is -0.457 e. The standard InChI is InChI=1S/C25H24F3N3O5S/c26-25(27,28)19-3-5-20(6-4-19)36-21-7-9-22(10-8-21)37(34,35)24(11-14-29-15-12-24)23(32)31(33)17-18-2-1-13-30-16-18/h1-10,13,16,29,33H,11-12,14-15,17H2. The van der Waals surface area contributed by atoms with Gasteiger partial charge < -0.3 is 10.1 Å². The van der Waals surface area contributed by atoms with Crippen LogP contribution in [0.15, 0.2) is 78.0 Å². The number of hydrogen-bond donors (Lipinski definition) is 2. The van der Waals surface area contributed by atoms with E-state index in [1.165, 1.54) is 36.7 Å². The number of ether oxygens (including phenoxy) is 1. The molecular formula is C25H24F3N3O5S. The molecule has 0 atom stereocenters. The first kappa shape index (κ1) is 26.6. The summed E-state index contributed by atoms with van der Waals surface area (Å²) in [6, 6.07) is 12.6. The predicted octanol–water partition coefficient (Wildman–Crippen LogP) is 4.21. The topological polar surface area (TPSA) is 109 Å². The molecule has 1 aromatic heterocycles. The Morgan fingerprint density at radius 2 is 1.62 bits per heavy atom. The first-order valence-corrected chi connectivity index (χ1v) is 12.8. The van der Waals surface area contributed by atoms with Gasteiger partial charge in [-0.2, -0.15) is 13.2 Å². The van der Waals surface area contributed by atoms with E-state index in [1.807, 2.05) is 0 Å². The zero-order valence-corrected chi connectivity index (χ0v) is 20.3. The molecule has 0 radical (unpaired) electrons. The van der Waals surface area contributed by atoms with E-state index in [4.69, 9.17) is 4.74 Å². The van der Waals surface area contributed by atoms with E-state index < -0.39 is 32.2 Å². The van der Waals surface area contributed by atoms with Gasteiger partial charge in [0.2, 0.25) is 0 Å². The molecule has 2 N–H and O–H groups in total. The summed E-state index contributed by atoms with van der Waals surface area (Å²) in [4.78, 5) is 17.2. The fourth-order valence-corrected chi connectivity index (χ4v) is 6.18. The lowest BCUT2D eigenvalue weighted by atomic mass is 9.95. The molecule has 1 aliphatic rings. The van der Waals surface area contributed by atoms with Crippen molar-refractivity contribution in [1.82, 2.24) is 15.4 Å². The molecular weight excluding hydrogens is 511 g/mol. The van der Waals surface area contributed by atoms with Gasteiger partial charge in [-0.05, 0) is 86.1 Å². The van der Waals surface area contributed by atoms with Crippen LogP contribution in [-0.4, -0.2) is 47.4 Å². The minimum atomic E-state index is -4.47. The van der Waals surface area contributed by atoms with Crippen molar-refractivity contribution >= 4 is 15.7 Å². The second-order valence-corrected chi connectivity index (χ2v) is 10.8. The molecule has 1 saturated heterocycles. The maximum atomic E-state index is 13.8. The number of aromatic nitrogens is 1. The van der Waals surface area contributed by atoms with Gasteiger partial charge in [-0.15, -0.1) is 0 Å². The summed E-state index contributed by atoms with van der Waals surface area (Å²) in [7, 11) is -4.26. The Kier molecular flexibility index (Phi) is 7.53. The number of hydroxylamine groups is 2. The number of carbonyl (C=O) groups excluding carboxylic acids is 1. The van der Waals surface area contributed by atoms with Crippen molar-refractivity contribution in [2.45, 2.75) is 35.2 Å². The van der Waals surface area contributed by atoms with Crippen LogP contribution >= 0.6 is 0 Å². The van der Waals surface area contributed by atoms with E-state index in [-0.39, 0.29) is 48.9 Å². The Balaban J connectivity index is 1.56. The quantitative estimate of drug-likeness (QED) is 0.345. The molecule has 1 fully saturated rings. The fraction of sp³-hybridized carbons (Fsp3) is 0.280. The number of nitrogens with one attached hydrogen (secondary N) is 1. The van der Waals surface area contributed by atoms with Crippen molar-refractivity contribution in [2.24, 2.45) is 0 Å². The summed E-state index contributed by atoms with van der Waals surface area (Å²) in [5.41, 5.74) is -0.288. The normalized spacial score (nSPS) is 15.7. The highest BCUT2D eigenvalue weighted by Gasteiger charge is 2.53. The lowest BCUT2D eigenvalue weighted by molar-refractivity contribution is -0.172. The van der Waals surface area contributed by atoms with E-state index in [0.29, 0.717) is 10.6 Å². The van der Waals surface area contributed by atoms with Gasteiger partial charge in [0.05, 0.1) is 17.0 Å². The zero-order chi connectivity index (χ0) is 26.7. The number of amides is 1. The van der Waals surface area contributed by atoms with E-state index in [0.717, 1.165) is 24.3 Å². The van der Waals surface area contributed by atoms with Crippen molar-refractivity contribution in [1.29, 1.82) is 0 Å². The molecule has 1 aliphatic heterocycles. The highest BCUT2D eigenvalue weighted by Crippen LogP contribution is 2.37. The maximum Gasteiger partial charge on any atom is 0.416 e. The smallest absolute Gasteiger partial charge is 0.416 e. The molecule has 0 unspecified atom stereocenters. The zero-order valence-electron chi connectivity index (χ0n) is 19.5. The molecule has 4 rings (SSSR count). The van der Waals surface area contributed by atoms with Crippen LogP contribution < -0.4 is 10.1 Å². The highest BCUT2D eigenvalue weighted by molar-refractivity contribution is 7.93. The van der Waals surface area contributed by atoms with Crippen LogP contribution in [0, 0.1) is 0 Å². The third kappa shape index (κ3) is 5.60. The van der Waals surface area contributed by atoms with Crippen LogP contribution in [0.5, 0.6) is 11.5 Å². The van der Waals surface area contributed by atoms with Gasteiger partial charge in [0.15, 0.2) is 14.6 Å². The fourth-order valence-electron chi connectivity index (χ4n) is 4.16. The number of alkyl halides is 3. The monoisotopic (exact) mass is 535 g/mol. The Morgan fingerprint density at radius 3 is 2.16 bits per heavy atom. The van der Waals surface area contributed by atoms with E-state index in [2.05, 4.69) is 10.3 Å². The summed E-state index contributed by atoms with van der Waals surface area (Å²) >= 11 is 0. The van der Waals surface area contributed by atoms with Crippen LogP contribution in [0.1, 0.15) is 24.0 Å². The molecule has 0 saturated carbocycles. The number of carbonyl (C=O) groups is 1. The number of benzene rings is 2. The lowest BCUT2D eigenvalue weighted by Gasteiger charge is -2.37. The Bertz CT molecular complexity index is 1330. The molecule has 3 aromatic rings.